The number of likely N-dealkylation sites (tertiary alicyclic amines) is 1. The van der Waals surface area contributed by atoms with Crippen LogP contribution in [0.5, 0.6) is 5.75 Å². The molecule has 3 aromatic rings. The van der Waals surface area contributed by atoms with Gasteiger partial charge in [-0.1, -0.05) is 36.4 Å². The van der Waals surface area contributed by atoms with E-state index < -0.39 is 6.10 Å². The number of imide groups is 1. The number of benzene rings is 3. The predicted octanol–water partition coefficient (Wildman–Crippen LogP) is 3.73. The Morgan fingerprint density at radius 1 is 0.972 bits per heavy atom. The van der Waals surface area contributed by atoms with Crippen LogP contribution in [0.3, 0.4) is 0 Å². The smallest absolute Gasteiger partial charge is 0.261 e. The number of nitrogens with zero attached hydrogens (tertiary/aromatic N) is 2. The van der Waals surface area contributed by atoms with Crippen LogP contribution in [-0.4, -0.2) is 72.7 Å². The first-order chi connectivity index (χ1) is 17.5. The van der Waals surface area contributed by atoms with Crippen molar-refractivity contribution >= 4 is 22.6 Å². The number of amides is 2. The number of carbonyl (C=O) groups excluding carboxylic acids is 2. The van der Waals surface area contributed by atoms with Crippen LogP contribution in [-0.2, 0) is 11.3 Å². The highest BCUT2D eigenvalue weighted by Crippen LogP contribution is 2.31. The summed E-state index contributed by atoms with van der Waals surface area (Å²) < 4.78 is 10.9. The maximum Gasteiger partial charge on any atom is 0.261 e. The van der Waals surface area contributed by atoms with Crippen LogP contribution in [0.4, 0.5) is 0 Å². The third-order valence-electron chi connectivity index (χ3n) is 7.19. The van der Waals surface area contributed by atoms with E-state index in [4.69, 9.17) is 9.47 Å². The van der Waals surface area contributed by atoms with E-state index in [1.54, 1.807) is 7.11 Å². The average Bonchev–Trinajstić information content (AvgIpc) is 2.90. The first-order valence-electron chi connectivity index (χ1n) is 12.5. The second kappa shape index (κ2) is 10.8. The van der Waals surface area contributed by atoms with Crippen LogP contribution in [0.25, 0.3) is 10.8 Å². The van der Waals surface area contributed by atoms with Crippen molar-refractivity contribution in [3.05, 3.63) is 77.4 Å². The number of methoxy groups -OCH3 is 1. The third-order valence-corrected chi connectivity index (χ3v) is 7.19. The average molecular weight is 489 g/mol. The zero-order valence-electron chi connectivity index (χ0n) is 20.6. The monoisotopic (exact) mass is 488 g/mol. The molecular formula is C29H32N2O5. The third kappa shape index (κ3) is 5.14. The number of rotatable bonds is 9. The van der Waals surface area contributed by atoms with Crippen LogP contribution < -0.4 is 4.74 Å². The predicted molar refractivity (Wildman–Crippen MR) is 137 cm³/mol. The van der Waals surface area contributed by atoms with E-state index in [-0.39, 0.29) is 24.3 Å². The van der Waals surface area contributed by atoms with Crippen molar-refractivity contribution in [3.8, 4) is 5.75 Å². The van der Waals surface area contributed by atoms with E-state index in [2.05, 4.69) is 4.90 Å². The van der Waals surface area contributed by atoms with Gasteiger partial charge >= 0.3 is 0 Å². The summed E-state index contributed by atoms with van der Waals surface area (Å²) in [6.07, 6.45) is 1.18. The van der Waals surface area contributed by atoms with E-state index in [0.29, 0.717) is 30.8 Å². The Morgan fingerprint density at radius 3 is 2.31 bits per heavy atom. The molecule has 0 aliphatic carbocycles. The summed E-state index contributed by atoms with van der Waals surface area (Å²) in [5.41, 5.74) is 2.22. The first kappa shape index (κ1) is 24.4. The topological polar surface area (TPSA) is 79.3 Å². The minimum Gasteiger partial charge on any atom is -0.497 e. The zero-order chi connectivity index (χ0) is 25.1. The maximum absolute atomic E-state index is 13.2. The van der Waals surface area contributed by atoms with Crippen LogP contribution in [0.1, 0.15) is 39.1 Å². The van der Waals surface area contributed by atoms with Gasteiger partial charge in [0.2, 0.25) is 0 Å². The molecule has 188 valence electrons. The Balaban J connectivity index is 1.10. The van der Waals surface area contributed by atoms with Gasteiger partial charge in [-0.25, -0.2) is 0 Å². The fraction of sp³-hybridized carbons (Fsp3) is 0.379. The molecule has 2 amide bonds. The van der Waals surface area contributed by atoms with Crippen molar-refractivity contribution in [2.45, 2.75) is 25.6 Å². The molecule has 0 radical (unpaired) electrons. The molecule has 2 heterocycles. The van der Waals surface area contributed by atoms with Gasteiger partial charge in [0.1, 0.15) is 5.75 Å². The molecule has 0 bridgehead atoms. The minimum atomic E-state index is -0.575. The summed E-state index contributed by atoms with van der Waals surface area (Å²) in [6.45, 7) is 3.30. The molecule has 2 aliphatic heterocycles. The van der Waals surface area contributed by atoms with Gasteiger partial charge in [0.05, 0.1) is 26.4 Å². The van der Waals surface area contributed by atoms with Gasteiger partial charge in [-0.2, -0.15) is 0 Å². The van der Waals surface area contributed by atoms with Gasteiger partial charge in [-0.3, -0.25) is 14.5 Å². The lowest BCUT2D eigenvalue weighted by atomic mass is 9.91. The molecule has 1 saturated heterocycles. The molecule has 1 N–H and O–H groups in total. The standard InChI is InChI=1S/C29H32N2O5/c1-35-24-8-2-5-21(15-24)18-36-19-23(32)17-30-13-11-20(12-14-30)16-31-28(33)25-9-3-6-22-7-4-10-26(27(22)25)29(31)34/h2-10,15,20,23,32H,11-14,16-19H2,1H3/t23-/m0/s1. The fourth-order valence-electron chi connectivity index (χ4n) is 5.28. The van der Waals surface area contributed by atoms with Gasteiger partial charge < -0.3 is 19.5 Å². The van der Waals surface area contributed by atoms with Crippen molar-refractivity contribution in [3.63, 3.8) is 0 Å². The molecule has 2 aliphatic rings. The maximum atomic E-state index is 13.2. The highest BCUT2D eigenvalue weighted by molar-refractivity contribution is 6.25. The van der Waals surface area contributed by atoms with Crippen LogP contribution >= 0.6 is 0 Å². The lowest BCUT2D eigenvalue weighted by Crippen LogP contribution is -2.46. The highest BCUT2D eigenvalue weighted by Gasteiger charge is 2.34. The molecule has 7 heteroatoms. The van der Waals surface area contributed by atoms with Gasteiger partial charge in [-0.15, -0.1) is 0 Å². The summed E-state index contributed by atoms with van der Waals surface area (Å²) in [4.78, 5) is 30.0. The number of ether oxygens (including phenoxy) is 2. The second-order valence-corrected chi connectivity index (χ2v) is 9.69. The highest BCUT2D eigenvalue weighted by atomic mass is 16.5. The Morgan fingerprint density at radius 2 is 1.64 bits per heavy atom. The number of hydrogen-bond donors (Lipinski definition) is 1. The van der Waals surface area contributed by atoms with Crippen LogP contribution in [0, 0.1) is 5.92 Å². The Hall–Kier alpha value is -3.26. The van der Waals surface area contributed by atoms with E-state index >= 15 is 0 Å². The SMILES string of the molecule is COc1cccc(COC[C@@H](O)CN2CCC(CN3C(=O)c4cccc5cccc(c45)C3=O)CC2)c1. The lowest BCUT2D eigenvalue weighted by molar-refractivity contribution is 0.00357. The van der Waals surface area contributed by atoms with Crippen molar-refractivity contribution in [1.29, 1.82) is 0 Å². The van der Waals surface area contributed by atoms with Crippen molar-refractivity contribution < 1.29 is 24.2 Å². The van der Waals surface area contributed by atoms with Crippen LogP contribution in [0.15, 0.2) is 60.7 Å². The van der Waals surface area contributed by atoms with E-state index in [1.807, 2.05) is 60.7 Å². The van der Waals surface area contributed by atoms with Gasteiger partial charge in [0, 0.05) is 29.6 Å². The number of carbonyl (C=O) groups is 2. The largest absolute Gasteiger partial charge is 0.497 e. The Kier molecular flexibility index (Phi) is 7.32. The molecule has 3 aromatic carbocycles. The minimum absolute atomic E-state index is 0.199. The molecule has 0 saturated carbocycles. The van der Waals surface area contributed by atoms with Gasteiger partial charge in [-0.05, 0) is 67.1 Å². The molecule has 36 heavy (non-hydrogen) atoms. The molecular weight excluding hydrogens is 456 g/mol. The molecule has 7 nitrogen and oxygen atoms in total. The van der Waals surface area contributed by atoms with Gasteiger partial charge in [0.25, 0.3) is 11.8 Å². The lowest BCUT2D eigenvalue weighted by Gasteiger charge is -2.36. The summed E-state index contributed by atoms with van der Waals surface area (Å²) in [5.74, 6) is 0.638. The van der Waals surface area contributed by atoms with Crippen molar-refractivity contribution in [1.82, 2.24) is 9.80 Å². The fourth-order valence-corrected chi connectivity index (χ4v) is 5.28. The summed E-state index contributed by atoms with van der Waals surface area (Å²) in [6, 6.07) is 18.9. The quantitative estimate of drug-likeness (QED) is 0.463. The normalized spacial score (nSPS) is 17.6. The molecule has 1 fully saturated rings. The molecule has 0 aromatic heterocycles. The van der Waals surface area contributed by atoms with E-state index in [9.17, 15) is 14.7 Å². The number of aliphatic hydroxyl groups excluding tert-OH is 1. The van der Waals surface area contributed by atoms with E-state index in [1.165, 1.54) is 4.90 Å². The second-order valence-electron chi connectivity index (χ2n) is 9.69. The van der Waals surface area contributed by atoms with Crippen LogP contribution in [0.2, 0.25) is 0 Å². The molecule has 5 rings (SSSR count). The number of piperidine rings is 1. The zero-order valence-corrected chi connectivity index (χ0v) is 20.6. The van der Waals surface area contributed by atoms with Crippen molar-refractivity contribution in [2.75, 3.05) is 39.9 Å². The van der Waals surface area contributed by atoms with Gasteiger partial charge in [0.15, 0.2) is 0 Å². The van der Waals surface area contributed by atoms with Crippen molar-refractivity contribution in [2.24, 2.45) is 5.92 Å². The Labute approximate surface area is 211 Å². The summed E-state index contributed by atoms with van der Waals surface area (Å²) in [7, 11) is 1.63. The molecule has 1 atom stereocenters. The molecule has 0 spiro atoms. The van der Waals surface area contributed by atoms with E-state index in [0.717, 1.165) is 48.0 Å². The molecule has 0 unspecified atom stereocenters. The first-order valence-corrected chi connectivity index (χ1v) is 12.5. The summed E-state index contributed by atoms with van der Waals surface area (Å²) >= 11 is 0. The summed E-state index contributed by atoms with van der Waals surface area (Å²) in [5, 5.41) is 12.1. The number of aliphatic hydroxyl groups is 1. The Bertz CT molecular complexity index is 1200. The number of β-amino-alcohol motifs (C(OH)–C–C–N with tert-alkyl or cyclic N) is 1. The number of hydrogen-bond acceptors (Lipinski definition) is 6.